The maximum atomic E-state index is 12.1. The van der Waals surface area contributed by atoms with E-state index in [0.29, 0.717) is 0 Å². The molecule has 0 heterocycles. The molecule has 5 heteroatoms. The summed E-state index contributed by atoms with van der Waals surface area (Å²) < 4.78 is 24.2. The van der Waals surface area contributed by atoms with Gasteiger partial charge in [0.15, 0.2) is 0 Å². The number of halogens is 2. The highest BCUT2D eigenvalue weighted by Crippen LogP contribution is 2.60. The van der Waals surface area contributed by atoms with Gasteiger partial charge in [0.1, 0.15) is 0 Å². The first-order valence-electron chi connectivity index (χ1n) is 2.49. The molecule has 0 aromatic heterocycles. The van der Waals surface area contributed by atoms with Gasteiger partial charge >= 0.3 is 5.97 Å². The first kappa shape index (κ1) is 6.93. The van der Waals surface area contributed by atoms with E-state index in [2.05, 4.69) is 0 Å². The van der Waals surface area contributed by atoms with Crippen LogP contribution in [0, 0.1) is 16.7 Å². The van der Waals surface area contributed by atoms with Crippen molar-refractivity contribution in [2.75, 3.05) is 0 Å². The van der Waals surface area contributed by atoms with E-state index in [1.54, 1.807) is 0 Å². The molecule has 1 saturated carbocycles. The summed E-state index contributed by atoms with van der Waals surface area (Å²) in [6.45, 7) is 0. The zero-order valence-corrected chi connectivity index (χ0v) is 4.77. The Labute approximate surface area is 54.9 Å². The van der Waals surface area contributed by atoms with Crippen LogP contribution in [-0.4, -0.2) is 17.0 Å². The third-order valence-electron chi connectivity index (χ3n) is 1.54. The van der Waals surface area contributed by atoms with Crippen LogP contribution in [-0.2, 0) is 4.79 Å². The summed E-state index contributed by atoms with van der Waals surface area (Å²) in [5.74, 6) is -5.06. The Kier molecular flexibility index (Phi) is 1.01. The first-order chi connectivity index (χ1) is 4.46. The fourth-order valence-electron chi connectivity index (χ4n) is 0.690. The molecule has 1 fully saturated rings. The molecule has 54 valence electrons. The molecule has 0 spiro atoms. The molecule has 0 aliphatic heterocycles. The Hall–Kier alpha value is -1.18. The fraction of sp³-hybridized carbons (Fsp3) is 0.600. The Morgan fingerprint density at radius 1 is 1.70 bits per heavy atom. The average molecular weight is 147 g/mol. The van der Waals surface area contributed by atoms with Gasteiger partial charge in [0.2, 0.25) is 5.41 Å². The monoisotopic (exact) mass is 147 g/mol. The molecule has 1 rings (SSSR count). The van der Waals surface area contributed by atoms with E-state index >= 15 is 0 Å². The van der Waals surface area contributed by atoms with Gasteiger partial charge in [-0.3, -0.25) is 4.79 Å². The lowest BCUT2D eigenvalue weighted by molar-refractivity contribution is -0.144. The molecular weight excluding hydrogens is 144 g/mol. The number of carboxylic acid groups (broad SMARTS) is 1. The van der Waals surface area contributed by atoms with Crippen molar-refractivity contribution in [1.29, 1.82) is 5.26 Å². The molecule has 0 bridgehead atoms. The molecular formula is C5H3F2NO2. The van der Waals surface area contributed by atoms with Crippen LogP contribution in [0.5, 0.6) is 0 Å². The first-order valence-corrected chi connectivity index (χ1v) is 2.49. The van der Waals surface area contributed by atoms with Gasteiger partial charge in [0.05, 0.1) is 6.07 Å². The van der Waals surface area contributed by atoms with Gasteiger partial charge in [-0.25, -0.2) is 8.78 Å². The minimum atomic E-state index is -3.33. The zero-order valence-electron chi connectivity index (χ0n) is 4.77. The number of alkyl halides is 2. The number of nitriles is 1. The minimum Gasteiger partial charge on any atom is -0.480 e. The largest absolute Gasteiger partial charge is 0.480 e. The van der Waals surface area contributed by atoms with E-state index in [-0.39, 0.29) is 0 Å². The lowest BCUT2D eigenvalue weighted by atomic mass is 10.1. The van der Waals surface area contributed by atoms with E-state index < -0.39 is 23.7 Å². The highest BCUT2D eigenvalue weighted by molar-refractivity contribution is 5.83. The van der Waals surface area contributed by atoms with Crippen molar-refractivity contribution in [3.8, 4) is 6.07 Å². The SMILES string of the molecule is N#C[C@]1(C(=O)O)CC1(F)F. The molecule has 0 saturated heterocycles. The van der Waals surface area contributed by atoms with Gasteiger partial charge in [-0.2, -0.15) is 5.26 Å². The third-order valence-corrected chi connectivity index (χ3v) is 1.54. The molecule has 0 aromatic rings. The van der Waals surface area contributed by atoms with Crippen LogP contribution in [0.4, 0.5) is 8.78 Å². The van der Waals surface area contributed by atoms with Gasteiger partial charge in [0, 0.05) is 6.42 Å². The summed E-state index contributed by atoms with van der Waals surface area (Å²) in [6, 6.07) is 1.09. The smallest absolute Gasteiger partial charge is 0.330 e. The Morgan fingerprint density at radius 3 is 2.10 bits per heavy atom. The summed E-state index contributed by atoms with van der Waals surface area (Å²) >= 11 is 0. The summed E-state index contributed by atoms with van der Waals surface area (Å²) in [4.78, 5) is 10.0. The van der Waals surface area contributed by atoms with Gasteiger partial charge in [-0.15, -0.1) is 0 Å². The van der Waals surface area contributed by atoms with Gasteiger partial charge < -0.3 is 5.11 Å². The van der Waals surface area contributed by atoms with Crippen molar-refractivity contribution in [3.63, 3.8) is 0 Å². The van der Waals surface area contributed by atoms with Crippen LogP contribution < -0.4 is 0 Å². The van der Waals surface area contributed by atoms with E-state index in [1.807, 2.05) is 0 Å². The van der Waals surface area contributed by atoms with Crippen molar-refractivity contribution in [1.82, 2.24) is 0 Å². The molecule has 0 amide bonds. The Morgan fingerprint density at radius 2 is 2.10 bits per heavy atom. The molecule has 3 nitrogen and oxygen atoms in total. The summed E-state index contributed by atoms with van der Waals surface area (Å²) in [5.41, 5.74) is -2.42. The maximum absolute atomic E-state index is 12.1. The number of rotatable bonds is 1. The Bertz CT molecular complexity index is 232. The topological polar surface area (TPSA) is 61.1 Å². The standard InChI is InChI=1S/C5H3F2NO2/c6-5(7)1-4(5,2-8)3(9)10/h1H2,(H,9,10)/t4-/m0/s1. The molecule has 1 aliphatic rings. The molecule has 1 N–H and O–H groups in total. The molecule has 10 heavy (non-hydrogen) atoms. The van der Waals surface area contributed by atoms with Gasteiger partial charge in [-0.1, -0.05) is 0 Å². The number of hydrogen-bond donors (Lipinski definition) is 1. The highest BCUT2D eigenvalue weighted by atomic mass is 19.3. The lowest BCUT2D eigenvalue weighted by Gasteiger charge is -1.97. The molecule has 1 atom stereocenters. The summed E-state index contributed by atoms with van der Waals surface area (Å²) in [7, 11) is 0. The summed E-state index contributed by atoms with van der Waals surface area (Å²) in [5, 5.41) is 16.2. The van der Waals surface area contributed by atoms with Crippen LogP contribution in [0.3, 0.4) is 0 Å². The number of nitrogens with zero attached hydrogens (tertiary/aromatic N) is 1. The van der Waals surface area contributed by atoms with Crippen LogP contribution in [0.1, 0.15) is 6.42 Å². The highest BCUT2D eigenvalue weighted by Gasteiger charge is 2.78. The number of aliphatic carboxylic acids is 1. The van der Waals surface area contributed by atoms with Crippen LogP contribution in [0.15, 0.2) is 0 Å². The number of carboxylic acids is 1. The zero-order chi connectivity index (χ0) is 7.99. The van der Waals surface area contributed by atoms with Crippen molar-refractivity contribution < 1.29 is 18.7 Å². The van der Waals surface area contributed by atoms with Crippen molar-refractivity contribution in [3.05, 3.63) is 0 Å². The summed E-state index contributed by atoms with van der Waals surface area (Å²) in [6.07, 6.45) is -0.855. The van der Waals surface area contributed by atoms with Crippen LogP contribution in [0.2, 0.25) is 0 Å². The second kappa shape index (κ2) is 1.45. The van der Waals surface area contributed by atoms with E-state index in [4.69, 9.17) is 10.4 Å². The van der Waals surface area contributed by atoms with E-state index in [1.165, 1.54) is 0 Å². The molecule has 0 unspecified atom stereocenters. The van der Waals surface area contributed by atoms with Crippen LogP contribution in [0.25, 0.3) is 0 Å². The molecule has 1 aliphatic carbocycles. The molecule has 0 aromatic carbocycles. The number of hydrogen-bond acceptors (Lipinski definition) is 2. The third kappa shape index (κ3) is 0.533. The van der Waals surface area contributed by atoms with Crippen molar-refractivity contribution >= 4 is 5.97 Å². The van der Waals surface area contributed by atoms with E-state index in [9.17, 15) is 13.6 Å². The van der Waals surface area contributed by atoms with Crippen molar-refractivity contribution in [2.45, 2.75) is 12.3 Å². The Balaban J connectivity index is 2.92. The second-order valence-corrected chi connectivity index (χ2v) is 2.20. The van der Waals surface area contributed by atoms with Crippen molar-refractivity contribution in [2.24, 2.45) is 5.41 Å². The molecule has 0 radical (unpaired) electrons. The van der Waals surface area contributed by atoms with Gasteiger partial charge in [-0.05, 0) is 0 Å². The predicted octanol–water partition coefficient (Wildman–Crippen LogP) is 0.620. The average Bonchev–Trinajstić information content (AvgIpc) is 2.35. The van der Waals surface area contributed by atoms with E-state index in [0.717, 1.165) is 6.07 Å². The minimum absolute atomic E-state index is 0.855. The normalized spacial score (nSPS) is 34.5. The fourth-order valence-corrected chi connectivity index (χ4v) is 0.690. The maximum Gasteiger partial charge on any atom is 0.330 e. The lowest BCUT2D eigenvalue weighted by Crippen LogP contribution is -2.20. The second-order valence-electron chi connectivity index (χ2n) is 2.20. The quantitative estimate of drug-likeness (QED) is 0.591. The van der Waals surface area contributed by atoms with Crippen LogP contribution >= 0.6 is 0 Å². The van der Waals surface area contributed by atoms with Gasteiger partial charge in [0.25, 0.3) is 5.92 Å². The number of carbonyl (C=O) groups is 1. The predicted molar refractivity (Wildman–Crippen MR) is 25.2 cm³/mol.